The van der Waals surface area contributed by atoms with Crippen LogP contribution in [0.3, 0.4) is 0 Å². The van der Waals surface area contributed by atoms with E-state index >= 15 is 0 Å². The summed E-state index contributed by atoms with van der Waals surface area (Å²) in [6, 6.07) is 16.1. The van der Waals surface area contributed by atoms with Crippen molar-refractivity contribution in [3.05, 3.63) is 96.4 Å². The van der Waals surface area contributed by atoms with E-state index in [4.69, 9.17) is 20.7 Å². The van der Waals surface area contributed by atoms with Crippen LogP contribution < -0.4 is 5.73 Å². The fourth-order valence-corrected chi connectivity index (χ4v) is 3.76. The first kappa shape index (κ1) is 21.4. The van der Waals surface area contributed by atoms with E-state index in [9.17, 15) is 0 Å². The third-order valence-electron chi connectivity index (χ3n) is 5.24. The quantitative estimate of drug-likeness (QED) is 0.348. The van der Waals surface area contributed by atoms with Gasteiger partial charge in [0.15, 0.2) is 17.5 Å². The molecule has 4 rings (SSSR count). The Labute approximate surface area is 190 Å². The zero-order valence-corrected chi connectivity index (χ0v) is 18.6. The van der Waals surface area contributed by atoms with Gasteiger partial charge in [0.1, 0.15) is 0 Å². The van der Waals surface area contributed by atoms with Crippen molar-refractivity contribution in [3.63, 3.8) is 0 Å². The molecular formula is C28H28N4. The first-order valence-electron chi connectivity index (χ1n) is 11.1. The maximum atomic E-state index is 6.31. The molecule has 0 saturated carbocycles. The van der Waals surface area contributed by atoms with Crippen molar-refractivity contribution in [1.29, 1.82) is 0 Å². The second-order valence-electron chi connectivity index (χ2n) is 7.72. The summed E-state index contributed by atoms with van der Waals surface area (Å²) >= 11 is 0. The maximum absolute atomic E-state index is 6.31. The van der Waals surface area contributed by atoms with Crippen molar-refractivity contribution in [2.75, 3.05) is 5.73 Å². The van der Waals surface area contributed by atoms with Crippen LogP contribution in [-0.4, -0.2) is 15.0 Å². The molecule has 0 saturated heterocycles. The third kappa shape index (κ3) is 4.92. The Bertz CT molecular complexity index is 1220. The van der Waals surface area contributed by atoms with Crippen LogP contribution >= 0.6 is 0 Å². The molecule has 1 aromatic heterocycles. The van der Waals surface area contributed by atoms with Crippen LogP contribution in [-0.2, 0) is 0 Å². The summed E-state index contributed by atoms with van der Waals surface area (Å²) in [5.74, 6) is 1.97. The molecule has 0 aliphatic heterocycles. The average Bonchev–Trinajstić information content (AvgIpc) is 2.84. The van der Waals surface area contributed by atoms with E-state index in [2.05, 4.69) is 43.4 Å². The van der Waals surface area contributed by atoms with Gasteiger partial charge in [-0.1, -0.05) is 73.7 Å². The lowest BCUT2D eigenvalue weighted by Gasteiger charge is -2.12. The van der Waals surface area contributed by atoms with Crippen LogP contribution in [0.1, 0.15) is 44.5 Å². The van der Waals surface area contributed by atoms with Gasteiger partial charge >= 0.3 is 0 Å². The Morgan fingerprint density at radius 2 is 1.69 bits per heavy atom. The highest BCUT2D eigenvalue weighted by atomic mass is 15.0. The highest BCUT2D eigenvalue weighted by Crippen LogP contribution is 2.29. The number of nitrogen functional groups attached to an aromatic ring is 1. The summed E-state index contributed by atoms with van der Waals surface area (Å²) in [7, 11) is 0. The molecule has 0 bridgehead atoms. The minimum absolute atomic E-state index is 0.624. The van der Waals surface area contributed by atoms with Crippen molar-refractivity contribution in [3.8, 4) is 22.8 Å². The maximum Gasteiger partial charge on any atom is 0.164 e. The fraction of sp³-hybridized carbons (Fsp3) is 0.179. The number of hydrogen-bond acceptors (Lipinski definition) is 4. The molecule has 0 atom stereocenters. The van der Waals surface area contributed by atoms with E-state index < -0.39 is 0 Å². The highest BCUT2D eigenvalue weighted by molar-refractivity contribution is 5.80. The second kappa shape index (κ2) is 10.0. The first-order chi connectivity index (χ1) is 15.7. The van der Waals surface area contributed by atoms with E-state index in [1.807, 2.05) is 55.5 Å². The Morgan fingerprint density at radius 3 is 2.38 bits per heavy atom. The Hall–Kier alpha value is -3.79. The minimum Gasteiger partial charge on any atom is -0.399 e. The molecule has 0 amide bonds. The van der Waals surface area contributed by atoms with E-state index in [0.717, 1.165) is 47.1 Å². The first-order valence-corrected chi connectivity index (χ1v) is 11.1. The Balaban J connectivity index is 1.88. The van der Waals surface area contributed by atoms with Gasteiger partial charge in [0, 0.05) is 22.4 Å². The molecule has 160 valence electrons. The van der Waals surface area contributed by atoms with Gasteiger partial charge < -0.3 is 5.73 Å². The number of aromatic nitrogens is 3. The van der Waals surface area contributed by atoms with Gasteiger partial charge in [0.25, 0.3) is 0 Å². The largest absolute Gasteiger partial charge is 0.399 e. The van der Waals surface area contributed by atoms with Crippen molar-refractivity contribution in [2.45, 2.75) is 33.1 Å². The van der Waals surface area contributed by atoms with E-state index in [1.54, 1.807) is 0 Å². The number of nitrogens with two attached hydrogens (primary N) is 1. The summed E-state index contributed by atoms with van der Waals surface area (Å²) < 4.78 is 0. The van der Waals surface area contributed by atoms with Crippen LogP contribution in [0.5, 0.6) is 0 Å². The van der Waals surface area contributed by atoms with Crippen molar-refractivity contribution >= 4 is 16.8 Å². The number of benzene rings is 2. The van der Waals surface area contributed by atoms with Gasteiger partial charge in [-0.05, 0) is 55.5 Å². The van der Waals surface area contributed by atoms with Crippen molar-refractivity contribution in [1.82, 2.24) is 15.0 Å². The molecule has 4 nitrogen and oxygen atoms in total. The zero-order chi connectivity index (χ0) is 22.3. The van der Waals surface area contributed by atoms with Crippen LogP contribution in [0.25, 0.3) is 33.9 Å². The molecule has 1 aliphatic carbocycles. The summed E-state index contributed by atoms with van der Waals surface area (Å²) in [4.78, 5) is 14.5. The van der Waals surface area contributed by atoms with E-state index in [1.165, 1.54) is 0 Å². The molecule has 0 spiro atoms. The fourth-order valence-electron chi connectivity index (χ4n) is 3.76. The summed E-state index contributed by atoms with van der Waals surface area (Å²) in [6.45, 7) is 4.15. The SMILES string of the molecule is C/C=C\C(=C/CC)c1cc(N)cc(-c2nc(C3=CCCC=C3)nc(-c3ccccc3)n2)c1. The minimum atomic E-state index is 0.624. The molecule has 1 heterocycles. The van der Waals surface area contributed by atoms with Crippen molar-refractivity contribution in [2.24, 2.45) is 0 Å². The van der Waals surface area contributed by atoms with Crippen LogP contribution in [0.2, 0.25) is 0 Å². The lowest BCUT2D eigenvalue weighted by Crippen LogP contribution is -2.03. The smallest absolute Gasteiger partial charge is 0.164 e. The van der Waals surface area contributed by atoms with Crippen LogP contribution in [0, 0.1) is 0 Å². The summed E-state index contributed by atoms with van der Waals surface area (Å²) in [5.41, 5.74) is 12.1. The van der Waals surface area contributed by atoms with Gasteiger partial charge in [-0.25, -0.2) is 15.0 Å². The summed E-state index contributed by atoms with van der Waals surface area (Å²) in [6.07, 6.45) is 15.8. The molecule has 0 unspecified atom stereocenters. The third-order valence-corrected chi connectivity index (χ3v) is 5.24. The van der Waals surface area contributed by atoms with Gasteiger partial charge in [-0.3, -0.25) is 0 Å². The number of anilines is 1. The molecule has 32 heavy (non-hydrogen) atoms. The number of allylic oxidation sites excluding steroid dienone is 8. The lowest BCUT2D eigenvalue weighted by molar-refractivity contribution is 1.01. The molecule has 4 heteroatoms. The van der Waals surface area contributed by atoms with Crippen LogP contribution in [0.15, 0.2) is 85.0 Å². The van der Waals surface area contributed by atoms with Gasteiger partial charge in [0.05, 0.1) is 0 Å². The predicted molar refractivity (Wildman–Crippen MR) is 135 cm³/mol. The number of hydrogen-bond donors (Lipinski definition) is 1. The van der Waals surface area contributed by atoms with Gasteiger partial charge in [-0.2, -0.15) is 0 Å². The molecule has 3 aromatic rings. The molecule has 2 aromatic carbocycles. The van der Waals surface area contributed by atoms with E-state index in [-0.39, 0.29) is 0 Å². The monoisotopic (exact) mass is 420 g/mol. The number of nitrogens with zero attached hydrogens (tertiary/aromatic N) is 3. The topological polar surface area (TPSA) is 64.7 Å². The molecule has 1 aliphatic rings. The highest BCUT2D eigenvalue weighted by Gasteiger charge is 2.14. The number of rotatable bonds is 6. The van der Waals surface area contributed by atoms with Gasteiger partial charge in [0.2, 0.25) is 0 Å². The molecular weight excluding hydrogens is 392 g/mol. The molecule has 0 radical (unpaired) electrons. The zero-order valence-electron chi connectivity index (χ0n) is 18.6. The lowest BCUT2D eigenvalue weighted by atomic mass is 10.00. The summed E-state index contributed by atoms with van der Waals surface area (Å²) in [5, 5.41) is 0. The van der Waals surface area contributed by atoms with E-state index in [0.29, 0.717) is 23.2 Å². The average molecular weight is 421 g/mol. The molecule has 2 N–H and O–H groups in total. The van der Waals surface area contributed by atoms with Crippen LogP contribution in [0.4, 0.5) is 5.69 Å². The van der Waals surface area contributed by atoms with Gasteiger partial charge in [-0.15, -0.1) is 0 Å². The molecule has 0 fully saturated rings. The normalized spacial score (nSPS) is 14.1. The predicted octanol–water partition coefficient (Wildman–Crippen LogP) is 6.89. The van der Waals surface area contributed by atoms with Crippen molar-refractivity contribution < 1.29 is 0 Å². The Morgan fingerprint density at radius 1 is 0.938 bits per heavy atom. The standard InChI is InChI=1S/C28H28N4/c1-3-11-20(12-4-2)23-17-24(19-25(29)18-23)28-31-26(21-13-7-5-8-14-21)30-27(32-28)22-15-9-6-10-16-22/h3,5,7-9,11-19H,4,6,10,29H2,1-2H3/b11-3-,20-12+. The Kier molecular flexibility index (Phi) is 6.71. The second-order valence-corrected chi connectivity index (χ2v) is 7.72.